The van der Waals surface area contributed by atoms with Crippen LogP contribution in [-0.4, -0.2) is 24.2 Å². The second-order valence-electron chi connectivity index (χ2n) is 5.86. The molecule has 0 amide bonds. The molecule has 0 fully saturated rings. The molecule has 11 nitrogen and oxygen atoms in total. The number of H-pyrrole nitrogens is 3. The molecule has 4 N–H and O–H groups in total. The summed E-state index contributed by atoms with van der Waals surface area (Å²) in [6, 6.07) is 3.00. The Labute approximate surface area is 149 Å². The van der Waals surface area contributed by atoms with E-state index in [1.165, 1.54) is 38.6 Å². The first kappa shape index (κ1) is 17.9. The number of nitrogens with zero attached hydrogens (tertiary/aromatic N) is 2. The summed E-state index contributed by atoms with van der Waals surface area (Å²) in [6.45, 7) is 0. The highest BCUT2D eigenvalue weighted by Gasteiger charge is 2.29. The Bertz CT molecular complexity index is 1170. The number of aromatic amines is 3. The van der Waals surface area contributed by atoms with Gasteiger partial charge in [0, 0.05) is 31.8 Å². The molecule has 3 aromatic rings. The van der Waals surface area contributed by atoms with Gasteiger partial charge in [0.2, 0.25) is 5.88 Å². The molecule has 11 heteroatoms. The molecule has 3 aromatic heterocycles. The summed E-state index contributed by atoms with van der Waals surface area (Å²) in [5.41, 5.74) is -4.22. The molecule has 1 unspecified atom stereocenters. The fourth-order valence-electron chi connectivity index (χ4n) is 2.83. The lowest BCUT2D eigenvalue weighted by Gasteiger charge is -2.24. The molecule has 0 saturated carbocycles. The minimum absolute atomic E-state index is 0.314. The van der Waals surface area contributed by atoms with Crippen molar-refractivity contribution in [3.05, 3.63) is 82.9 Å². The van der Waals surface area contributed by atoms with E-state index in [2.05, 4.69) is 4.98 Å². The van der Waals surface area contributed by atoms with Gasteiger partial charge in [-0.1, -0.05) is 0 Å². The zero-order valence-corrected chi connectivity index (χ0v) is 14.3. The summed E-state index contributed by atoms with van der Waals surface area (Å²) in [7, 11) is 2.39. The molecule has 0 radical (unpaired) electrons. The van der Waals surface area contributed by atoms with Crippen LogP contribution in [0, 0.1) is 0 Å². The highest BCUT2D eigenvalue weighted by atomic mass is 16.3. The van der Waals surface area contributed by atoms with Crippen LogP contribution in [-0.2, 0) is 14.1 Å². The van der Waals surface area contributed by atoms with Crippen molar-refractivity contribution in [1.29, 1.82) is 0 Å². The molecule has 0 aromatic carbocycles. The zero-order chi connectivity index (χ0) is 19.9. The molecule has 0 aliphatic carbocycles. The summed E-state index contributed by atoms with van der Waals surface area (Å²) < 4.78 is 1.46. The van der Waals surface area contributed by atoms with Gasteiger partial charge in [-0.2, -0.15) is 0 Å². The molecule has 0 aliphatic rings. The van der Waals surface area contributed by atoms with Crippen LogP contribution in [0.5, 0.6) is 11.8 Å². The van der Waals surface area contributed by atoms with Crippen molar-refractivity contribution < 1.29 is 15.2 Å². The molecule has 140 valence electrons. The first-order valence-electron chi connectivity index (χ1n) is 7.72. The van der Waals surface area contributed by atoms with Crippen molar-refractivity contribution in [2.75, 3.05) is 0 Å². The molecule has 27 heavy (non-hydrogen) atoms. The average Bonchev–Trinajstić information content (AvgIpc) is 2.64. The van der Waals surface area contributed by atoms with E-state index in [9.17, 15) is 29.4 Å². The molecule has 3 heterocycles. The van der Waals surface area contributed by atoms with E-state index in [1.54, 1.807) is 0 Å². The van der Waals surface area contributed by atoms with Crippen molar-refractivity contribution in [3.63, 3.8) is 0 Å². The molecule has 0 aliphatic heterocycles. The van der Waals surface area contributed by atoms with E-state index in [0.29, 0.717) is 10.1 Å². The number of hydrogen-bond acceptors (Lipinski definition) is 6. The van der Waals surface area contributed by atoms with E-state index in [0.717, 1.165) is 4.57 Å². The Hall–Kier alpha value is -3.89. The van der Waals surface area contributed by atoms with Gasteiger partial charge < -0.3 is 14.8 Å². The lowest BCUT2D eigenvalue weighted by molar-refractivity contribution is -0.378. The highest BCUT2D eigenvalue weighted by molar-refractivity contribution is 5.47. The van der Waals surface area contributed by atoms with Crippen LogP contribution >= 0.6 is 0 Å². The van der Waals surface area contributed by atoms with Gasteiger partial charge in [0.25, 0.3) is 11.1 Å². The van der Waals surface area contributed by atoms with E-state index >= 15 is 0 Å². The first-order chi connectivity index (χ1) is 12.7. The quantitative estimate of drug-likeness (QED) is 0.449. The van der Waals surface area contributed by atoms with Crippen molar-refractivity contribution in [1.82, 2.24) is 19.1 Å². The van der Waals surface area contributed by atoms with E-state index in [1.807, 2.05) is 9.97 Å². The van der Waals surface area contributed by atoms with Crippen LogP contribution in [0.15, 0.2) is 43.7 Å². The lowest BCUT2D eigenvalue weighted by Crippen LogP contribution is -2.37. The largest absolute Gasteiger partial charge is 0.860 e. The summed E-state index contributed by atoms with van der Waals surface area (Å²) in [5, 5.41) is 23.1. The topological polar surface area (TPSA) is 167 Å². The van der Waals surface area contributed by atoms with Crippen LogP contribution in [0.25, 0.3) is 0 Å². The third-order valence-corrected chi connectivity index (χ3v) is 4.29. The molecular formula is C16H15N5O6. The van der Waals surface area contributed by atoms with Crippen LogP contribution in [0.1, 0.15) is 22.6 Å². The van der Waals surface area contributed by atoms with Crippen molar-refractivity contribution in [2.24, 2.45) is 14.1 Å². The second kappa shape index (κ2) is 6.44. The summed E-state index contributed by atoms with van der Waals surface area (Å²) in [6.07, 6.45) is 2.99. The second-order valence-corrected chi connectivity index (χ2v) is 5.86. The van der Waals surface area contributed by atoms with Crippen LogP contribution in [0.2, 0.25) is 0 Å². The molecule has 3 rings (SSSR count). The van der Waals surface area contributed by atoms with Crippen LogP contribution in [0.4, 0.5) is 0 Å². The molecule has 0 bridgehead atoms. The monoisotopic (exact) mass is 373 g/mol. The Morgan fingerprint density at radius 2 is 1.48 bits per heavy atom. The van der Waals surface area contributed by atoms with Gasteiger partial charge in [0.1, 0.15) is 0 Å². The normalized spacial score (nSPS) is 12.1. The average molecular weight is 373 g/mol. The zero-order valence-electron chi connectivity index (χ0n) is 14.3. The number of aromatic hydroxyl groups is 1. The van der Waals surface area contributed by atoms with E-state index in [4.69, 9.17) is 0 Å². The molecule has 0 spiro atoms. The fraction of sp³-hybridized carbons (Fsp3) is 0.188. The predicted molar refractivity (Wildman–Crippen MR) is 89.7 cm³/mol. The minimum atomic E-state index is -1.32. The summed E-state index contributed by atoms with van der Waals surface area (Å²) >= 11 is 0. The number of pyridine rings is 1. The Morgan fingerprint density at radius 1 is 0.963 bits per heavy atom. The summed E-state index contributed by atoms with van der Waals surface area (Å²) in [4.78, 5) is 55.1. The number of hydrogen-bond donors (Lipinski definition) is 3. The predicted octanol–water partition coefficient (Wildman–Crippen LogP) is -2.77. The fourth-order valence-corrected chi connectivity index (χ4v) is 2.83. The van der Waals surface area contributed by atoms with Crippen LogP contribution < -0.4 is 32.6 Å². The SMILES string of the molecule is Cn1c([O-])c(C(c2cc[nH+]cc2)c2c(O)n(C)c(=O)[nH]c2=O)c(=O)[nH]c1=O. The Morgan fingerprint density at radius 3 is 2.07 bits per heavy atom. The van der Waals surface area contributed by atoms with Crippen molar-refractivity contribution in [3.8, 4) is 11.8 Å². The molecule has 1 atom stereocenters. The summed E-state index contributed by atoms with van der Waals surface area (Å²) in [5.74, 6) is -2.94. The van der Waals surface area contributed by atoms with Gasteiger partial charge in [0.05, 0.1) is 11.5 Å². The Kier molecular flexibility index (Phi) is 4.27. The van der Waals surface area contributed by atoms with Gasteiger partial charge in [-0.3, -0.25) is 24.1 Å². The van der Waals surface area contributed by atoms with Gasteiger partial charge >= 0.3 is 11.4 Å². The van der Waals surface area contributed by atoms with Gasteiger partial charge in [-0.15, -0.1) is 0 Å². The maximum Gasteiger partial charge on any atom is 0.330 e. The molecular weight excluding hydrogens is 358 g/mol. The maximum absolute atomic E-state index is 12.6. The van der Waals surface area contributed by atoms with Gasteiger partial charge in [-0.05, 0) is 11.4 Å². The van der Waals surface area contributed by atoms with Gasteiger partial charge in [-0.25, -0.2) is 14.6 Å². The highest BCUT2D eigenvalue weighted by Crippen LogP contribution is 2.34. The first-order valence-corrected chi connectivity index (χ1v) is 7.72. The third kappa shape index (κ3) is 2.84. The van der Waals surface area contributed by atoms with Crippen molar-refractivity contribution in [2.45, 2.75) is 5.92 Å². The number of rotatable bonds is 3. The maximum atomic E-state index is 12.6. The van der Waals surface area contributed by atoms with Crippen molar-refractivity contribution >= 4 is 0 Å². The standard InChI is InChI=1S/C16H15N5O6/c1-20-13(24)9(11(22)18-15(20)26)8(7-3-5-17-6-4-7)10-12(23)19-16(27)21(2)14(10)25/h3-6,8,24-25H,1-2H3,(H,18,22,26)(H,19,23,27). The molecule has 0 saturated heterocycles. The smallest absolute Gasteiger partial charge is 0.330 e. The minimum Gasteiger partial charge on any atom is -0.860 e. The van der Waals surface area contributed by atoms with Gasteiger partial charge in [0.15, 0.2) is 12.4 Å². The van der Waals surface area contributed by atoms with E-state index in [-0.39, 0.29) is 5.56 Å². The Balaban J connectivity index is 2.49. The number of aromatic nitrogens is 5. The third-order valence-electron chi connectivity index (χ3n) is 4.29. The van der Waals surface area contributed by atoms with Crippen LogP contribution in [0.3, 0.4) is 0 Å². The number of nitrogens with one attached hydrogen (secondary N) is 3. The lowest BCUT2D eigenvalue weighted by atomic mass is 9.87. The van der Waals surface area contributed by atoms with E-state index < -0.39 is 45.7 Å².